The van der Waals surface area contributed by atoms with E-state index in [0.717, 1.165) is 0 Å². The van der Waals surface area contributed by atoms with E-state index in [0.29, 0.717) is 24.7 Å². The Morgan fingerprint density at radius 1 is 1.62 bits per heavy atom. The summed E-state index contributed by atoms with van der Waals surface area (Å²) in [6.07, 6.45) is 1.61. The second-order valence-corrected chi connectivity index (χ2v) is 3.14. The van der Waals surface area contributed by atoms with Crippen LogP contribution in [0.5, 0.6) is 0 Å². The molecule has 1 heterocycles. The smallest absolute Gasteiger partial charge is 0.239 e. The van der Waals surface area contributed by atoms with Gasteiger partial charge in [0.1, 0.15) is 5.82 Å². The Balaban J connectivity index is 2.29. The van der Waals surface area contributed by atoms with Crippen LogP contribution >= 0.6 is 0 Å². The van der Waals surface area contributed by atoms with Gasteiger partial charge < -0.3 is 21.1 Å². The third kappa shape index (κ3) is 4.14. The molecule has 0 radical (unpaired) electrons. The molecule has 6 nitrogen and oxygen atoms in total. The predicted molar refractivity (Wildman–Crippen MR) is 62.0 cm³/mol. The Labute approximate surface area is 94.2 Å². The number of methoxy groups -OCH3 is 1. The number of rotatable bonds is 6. The normalized spacial score (nSPS) is 9.81. The molecule has 0 aliphatic carbocycles. The van der Waals surface area contributed by atoms with Crippen LogP contribution in [0.4, 0.5) is 11.5 Å². The molecule has 1 aromatic rings. The molecule has 1 amide bonds. The van der Waals surface area contributed by atoms with E-state index in [9.17, 15) is 4.79 Å². The van der Waals surface area contributed by atoms with E-state index >= 15 is 0 Å². The van der Waals surface area contributed by atoms with Gasteiger partial charge in [-0.15, -0.1) is 0 Å². The van der Waals surface area contributed by atoms with Crippen LogP contribution in [0.3, 0.4) is 0 Å². The quantitative estimate of drug-likeness (QED) is 0.584. The molecule has 1 aromatic heterocycles. The lowest BCUT2D eigenvalue weighted by atomic mass is 10.4. The fourth-order valence-corrected chi connectivity index (χ4v) is 1.08. The molecule has 0 aromatic carbocycles. The van der Waals surface area contributed by atoms with Gasteiger partial charge in [-0.25, -0.2) is 4.98 Å². The molecule has 0 atom stereocenters. The molecular weight excluding hydrogens is 208 g/mol. The van der Waals surface area contributed by atoms with Gasteiger partial charge in [-0.2, -0.15) is 0 Å². The summed E-state index contributed by atoms with van der Waals surface area (Å²) in [6.45, 7) is 1.14. The Morgan fingerprint density at radius 2 is 2.44 bits per heavy atom. The number of aromatic nitrogens is 1. The average Bonchev–Trinajstić information content (AvgIpc) is 2.28. The van der Waals surface area contributed by atoms with E-state index in [1.54, 1.807) is 25.4 Å². The number of hydrogen-bond acceptors (Lipinski definition) is 5. The number of carbonyl (C=O) groups excluding carboxylic acids is 1. The lowest BCUT2D eigenvalue weighted by molar-refractivity contribution is -0.119. The van der Waals surface area contributed by atoms with Crippen molar-refractivity contribution in [3.8, 4) is 0 Å². The molecule has 0 bridgehead atoms. The maximum atomic E-state index is 11.3. The van der Waals surface area contributed by atoms with E-state index in [2.05, 4.69) is 15.6 Å². The van der Waals surface area contributed by atoms with E-state index in [-0.39, 0.29) is 12.5 Å². The highest BCUT2D eigenvalue weighted by Crippen LogP contribution is 2.11. The molecule has 16 heavy (non-hydrogen) atoms. The van der Waals surface area contributed by atoms with Gasteiger partial charge in [0.15, 0.2) is 0 Å². The monoisotopic (exact) mass is 224 g/mol. The van der Waals surface area contributed by atoms with Crippen molar-refractivity contribution < 1.29 is 9.53 Å². The zero-order chi connectivity index (χ0) is 11.8. The van der Waals surface area contributed by atoms with Gasteiger partial charge in [-0.3, -0.25) is 4.79 Å². The highest BCUT2D eigenvalue weighted by atomic mass is 16.5. The van der Waals surface area contributed by atoms with Crippen LogP contribution in [0.2, 0.25) is 0 Å². The number of carbonyl (C=O) groups is 1. The van der Waals surface area contributed by atoms with Crippen molar-refractivity contribution in [3.05, 3.63) is 18.3 Å². The first-order valence-corrected chi connectivity index (χ1v) is 4.94. The summed E-state index contributed by atoms with van der Waals surface area (Å²) in [5, 5.41) is 5.53. The summed E-state index contributed by atoms with van der Waals surface area (Å²) in [5.41, 5.74) is 6.17. The first-order valence-electron chi connectivity index (χ1n) is 4.94. The number of hydrogen-bond donors (Lipinski definition) is 3. The lowest BCUT2D eigenvalue weighted by Gasteiger charge is -2.08. The standard InChI is InChI=1S/C10H16N4O2/c1-16-6-5-12-9(15)7-14-10-8(11)3-2-4-13-10/h2-4H,5-7,11H2,1H3,(H,12,15)(H,13,14). The molecule has 6 heteroatoms. The number of ether oxygens (including phenoxy) is 1. The summed E-state index contributed by atoms with van der Waals surface area (Å²) in [6, 6.07) is 3.46. The van der Waals surface area contributed by atoms with Gasteiger partial charge in [-0.05, 0) is 12.1 Å². The maximum absolute atomic E-state index is 11.3. The van der Waals surface area contributed by atoms with Gasteiger partial charge in [0.25, 0.3) is 0 Å². The zero-order valence-electron chi connectivity index (χ0n) is 9.19. The third-order valence-electron chi connectivity index (χ3n) is 1.88. The topological polar surface area (TPSA) is 89.3 Å². The van der Waals surface area contributed by atoms with Crippen LogP contribution in [-0.4, -0.2) is 37.7 Å². The average molecular weight is 224 g/mol. The molecule has 88 valence electrons. The third-order valence-corrected chi connectivity index (χ3v) is 1.88. The van der Waals surface area contributed by atoms with Crippen LogP contribution in [0.25, 0.3) is 0 Å². The number of nitrogens with one attached hydrogen (secondary N) is 2. The second-order valence-electron chi connectivity index (χ2n) is 3.14. The highest BCUT2D eigenvalue weighted by molar-refractivity contribution is 5.81. The summed E-state index contributed by atoms with van der Waals surface area (Å²) < 4.78 is 4.81. The predicted octanol–water partition coefficient (Wildman–Crippen LogP) is -0.162. The molecule has 0 saturated heterocycles. The maximum Gasteiger partial charge on any atom is 0.239 e. The minimum absolute atomic E-state index is 0.123. The number of anilines is 2. The fourth-order valence-electron chi connectivity index (χ4n) is 1.08. The Hall–Kier alpha value is -1.82. The molecule has 0 saturated carbocycles. The Morgan fingerprint density at radius 3 is 3.12 bits per heavy atom. The molecule has 0 aliphatic rings. The Kier molecular flexibility index (Phi) is 5.07. The van der Waals surface area contributed by atoms with Gasteiger partial charge in [0.2, 0.25) is 5.91 Å². The van der Waals surface area contributed by atoms with Crippen molar-refractivity contribution in [1.29, 1.82) is 0 Å². The minimum Gasteiger partial charge on any atom is -0.396 e. The molecule has 0 unspecified atom stereocenters. The zero-order valence-corrected chi connectivity index (χ0v) is 9.19. The summed E-state index contributed by atoms with van der Waals surface area (Å²) in [7, 11) is 1.58. The number of nitrogens with two attached hydrogens (primary N) is 1. The van der Waals surface area contributed by atoms with Crippen molar-refractivity contribution in [2.45, 2.75) is 0 Å². The van der Waals surface area contributed by atoms with Crippen molar-refractivity contribution in [1.82, 2.24) is 10.3 Å². The van der Waals surface area contributed by atoms with Gasteiger partial charge in [0.05, 0.1) is 18.8 Å². The SMILES string of the molecule is COCCNC(=O)CNc1ncccc1N. The largest absolute Gasteiger partial charge is 0.396 e. The van der Waals surface area contributed by atoms with Crippen LogP contribution in [0.15, 0.2) is 18.3 Å². The number of nitrogens with zero attached hydrogens (tertiary/aromatic N) is 1. The van der Waals surface area contributed by atoms with Crippen LogP contribution in [0.1, 0.15) is 0 Å². The van der Waals surface area contributed by atoms with Crippen LogP contribution in [-0.2, 0) is 9.53 Å². The first-order chi connectivity index (χ1) is 7.74. The number of amides is 1. The minimum atomic E-state index is -0.123. The fraction of sp³-hybridized carbons (Fsp3) is 0.400. The Bertz CT molecular complexity index is 343. The van der Waals surface area contributed by atoms with E-state index in [1.165, 1.54) is 0 Å². The summed E-state index contributed by atoms with van der Waals surface area (Å²) in [5.74, 6) is 0.395. The molecule has 0 fully saturated rings. The first kappa shape index (κ1) is 12.3. The van der Waals surface area contributed by atoms with Crippen molar-refractivity contribution in [2.24, 2.45) is 0 Å². The van der Waals surface area contributed by atoms with Crippen molar-refractivity contribution in [3.63, 3.8) is 0 Å². The highest BCUT2D eigenvalue weighted by Gasteiger charge is 2.02. The summed E-state index contributed by atoms with van der Waals surface area (Å²) >= 11 is 0. The van der Waals surface area contributed by atoms with Crippen LogP contribution in [0, 0.1) is 0 Å². The van der Waals surface area contributed by atoms with Crippen molar-refractivity contribution in [2.75, 3.05) is 37.9 Å². The van der Waals surface area contributed by atoms with Crippen LogP contribution < -0.4 is 16.4 Å². The van der Waals surface area contributed by atoms with E-state index in [1.807, 2.05) is 0 Å². The van der Waals surface area contributed by atoms with Gasteiger partial charge >= 0.3 is 0 Å². The lowest BCUT2D eigenvalue weighted by Crippen LogP contribution is -2.32. The second kappa shape index (κ2) is 6.62. The van der Waals surface area contributed by atoms with Gasteiger partial charge in [-0.1, -0.05) is 0 Å². The van der Waals surface area contributed by atoms with Gasteiger partial charge in [0, 0.05) is 19.9 Å². The molecular formula is C10H16N4O2. The van der Waals surface area contributed by atoms with E-state index < -0.39 is 0 Å². The van der Waals surface area contributed by atoms with Crippen molar-refractivity contribution >= 4 is 17.4 Å². The molecule has 1 rings (SSSR count). The number of pyridine rings is 1. The number of nitrogen functional groups attached to an aromatic ring is 1. The molecule has 0 aliphatic heterocycles. The molecule has 4 N–H and O–H groups in total. The summed E-state index contributed by atoms with van der Waals surface area (Å²) in [4.78, 5) is 15.3. The van der Waals surface area contributed by atoms with E-state index in [4.69, 9.17) is 10.5 Å². The molecule has 0 spiro atoms.